The topological polar surface area (TPSA) is 106 Å². The quantitative estimate of drug-likeness (QED) is 0.376. The van der Waals surface area contributed by atoms with Crippen molar-refractivity contribution in [2.24, 2.45) is 0 Å². The number of methoxy groups -OCH3 is 2. The number of carboxylic acid groups (broad SMARTS) is 1. The van der Waals surface area contributed by atoms with Crippen LogP contribution in [0.15, 0.2) is 29.6 Å². The minimum absolute atomic E-state index is 0.0351. The van der Waals surface area contributed by atoms with E-state index in [1.54, 1.807) is 20.4 Å². The maximum Gasteiger partial charge on any atom is 0.355 e. The van der Waals surface area contributed by atoms with Crippen molar-refractivity contribution in [2.75, 3.05) is 20.5 Å². The number of ether oxygens (including phenoxy) is 2. The van der Waals surface area contributed by atoms with E-state index < -0.39 is 5.97 Å². The Morgan fingerprint density at radius 2 is 2.03 bits per heavy atom. The third kappa shape index (κ3) is 4.89. The van der Waals surface area contributed by atoms with Crippen LogP contribution in [0.4, 0.5) is 0 Å². The second-order valence-corrected chi connectivity index (χ2v) is 8.12. The number of thioether (sulfide) groups is 1. The number of carboxylic acids is 1. The van der Waals surface area contributed by atoms with Crippen LogP contribution in [0.5, 0.6) is 11.5 Å². The molecular weight excluding hydrogens is 424 g/mol. The van der Waals surface area contributed by atoms with Crippen molar-refractivity contribution in [3.8, 4) is 22.2 Å². The summed E-state index contributed by atoms with van der Waals surface area (Å²) in [7, 11) is 3.20. The lowest BCUT2D eigenvalue weighted by molar-refractivity contribution is 0.0690. The molecule has 30 heavy (non-hydrogen) atoms. The summed E-state index contributed by atoms with van der Waals surface area (Å²) in [5.74, 6) is 0.348. The van der Waals surface area contributed by atoms with E-state index in [-0.39, 0.29) is 5.69 Å². The van der Waals surface area contributed by atoms with Crippen LogP contribution in [0.25, 0.3) is 10.7 Å². The highest BCUT2D eigenvalue weighted by Gasteiger charge is 2.20. The van der Waals surface area contributed by atoms with E-state index >= 15 is 0 Å². The first-order chi connectivity index (χ1) is 14.5. The summed E-state index contributed by atoms with van der Waals surface area (Å²) in [4.78, 5) is 25.4. The monoisotopic (exact) mass is 446 g/mol. The summed E-state index contributed by atoms with van der Waals surface area (Å²) < 4.78 is 10.6. The van der Waals surface area contributed by atoms with Gasteiger partial charge in [0.1, 0.15) is 22.2 Å². The summed E-state index contributed by atoms with van der Waals surface area (Å²) in [6.07, 6.45) is 3.62. The lowest BCUT2D eigenvalue weighted by Crippen LogP contribution is -2.15. The van der Waals surface area contributed by atoms with Crippen LogP contribution in [0.2, 0.25) is 0 Å². The Bertz CT molecular complexity index is 1060. The minimum atomic E-state index is -1.06. The van der Waals surface area contributed by atoms with Crippen LogP contribution in [0.1, 0.15) is 26.5 Å². The van der Waals surface area contributed by atoms with Gasteiger partial charge in [-0.3, -0.25) is 0 Å². The highest BCUT2D eigenvalue weighted by Crippen LogP contribution is 2.30. The van der Waals surface area contributed by atoms with Crippen molar-refractivity contribution < 1.29 is 19.4 Å². The maximum absolute atomic E-state index is 11.7. The van der Waals surface area contributed by atoms with Crippen LogP contribution in [-0.2, 0) is 13.1 Å². The molecule has 0 fully saturated rings. The van der Waals surface area contributed by atoms with Gasteiger partial charge < -0.3 is 19.9 Å². The molecule has 158 valence electrons. The van der Waals surface area contributed by atoms with Gasteiger partial charge in [0.2, 0.25) is 0 Å². The second-order valence-electron chi connectivity index (χ2n) is 6.27. The van der Waals surface area contributed by atoms with Crippen molar-refractivity contribution in [1.82, 2.24) is 20.3 Å². The van der Waals surface area contributed by atoms with Crippen LogP contribution >= 0.6 is 23.1 Å². The molecule has 0 radical (unpaired) electrons. The lowest BCUT2D eigenvalue weighted by Gasteiger charge is -2.11. The fourth-order valence-corrected chi connectivity index (χ4v) is 4.21. The number of carbonyl (C=O) groups is 1. The fraction of sp³-hybridized carbons (Fsp3) is 0.300. The van der Waals surface area contributed by atoms with Crippen LogP contribution in [0.3, 0.4) is 0 Å². The Labute approximate surface area is 182 Å². The number of hydrogen-bond donors (Lipinski definition) is 2. The van der Waals surface area contributed by atoms with E-state index in [1.807, 2.05) is 31.4 Å². The van der Waals surface area contributed by atoms with Crippen molar-refractivity contribution in [3.05, 3.63) is 46.1 Å². The number of aryl methyl sites for hydroxylation is 1. The predicted molar refractivity (Wildman–Crippen MR) is 117 cm³/mol. The third-order valence-electron chi connectivity index (χ3n) is 4.33. The van der Waals surface area contributed by atoms with E-state index in [0.29, 0.717) is 45.3 Å². The van der Waals surface area contributed by atoms with E-state index in [0.717, 1.165) is 11.1 Å². The summed E-state index contributed by atoms with van der Waals surface area (Å²) in [6.45, 7) is 2.74. The predicted octanol–water partition coefficient (Wildman–Crippen LogP) is 3.64. The molecule has 0 amide bonds. The Kier molecular flexibility index (Phi) is 7.24. The minimum Gasteiger partial charge on any atom is -0.497 e. The molecule has 0 aliphatic carbocycles. The zero-order chi connectivity index (χ0) is 21.7. The van der Waals surface area contributed by atoms with Gasteiger partial charge in [0.25, 0.3) is 0 Å². The molecule has 8 nitrogen and oxygen atoms in total. The molecule has 3 aromatic rings. The first-order valence-corrected chi connectivity index (χ1v) is 11.0. The third-order valence-corrected chi connectivity index (χ3v) is 5.95. The van der Waals surface area contributed by atoms with Crippen molar-refractivity contribution >= 4 is 29.1 Å². The summed E-state index contributed by atoms with van der Waals surface area (Å²) >= 11 is 2.75. The molecular formula is C20H22N4O4S2. The summed E-state index contributed by atoms with van der Waals surface area (Å²) in [6, 6.07) is 5.58. The average Bonchev–Trinajstić information content (AvgIpc) is 3.18. The molecule has 3 rings (SSSR count). The lowest BCUT2D eigenvalue weighted by atomic mass is 10.2. The van der Waals surface area contributed by atoms with Gasteiger partial charge >= 0.3 is 5.97 Å². The standard InChI is InChI=1S/C20H22N4O4S2/c1-11-8-22-20(29-4)24-16(11)18-23-17(19(25)26)15(30-18)10-21-9-12-5-6-13(27-2)7-14(12)28-3/h5-8,21H,9-10H2,1-4H3,(H,25,26). The Balaban J connectivity index is 1.81. The van der Waals surface area contributed by atoms with E-state index in [4.69, 9.17) is 9.47 Å². The molecule has 0 saturated heterocycles. The second kappa shape index (κ2) is 9.88. The fourth-order valence-electron chi connectivity index (χ4n) is 2.79. The Hall–Kier alpha value is -2.69. The number of benzene rings is 1. The van der Waals surface area contributed by atoms with Crippen LogP contribution in [0, 0.1) is 6.92 Å². The number of aromatic carboxylic acids is 1. The molecule has 2 heterocycles. The van der Waals surface area contributed by atoms with E-state index in [2.05, 4.69) is 20.3 Å². The molecule has 0 spiro atoms. The Morgan fingerprint density at radius 1 is 1.23 bits per heavy atom. The van der Waals surface area contributed by atoms with Gasteiger partial charge in [-0.2, -0.15) is 0 Å². The van der Waals surface area contributed by atoms with Crippen molar-refractivity contribution in [3.63, 3.8) is 0 Å². The molecule has 1 aromatic carbocycles. The molecule has 0 saturated carbocycles. The number of thiazole rings is 1. The van der Waals surface area contributed by atoms with Gasteiger partial charge in [0.15, 0.2) is 10.9 Å². The number of hydrogen-bond acceptors (Lipinski definition) is 9. The molecule has 2 aromatic heterocycles. The summed E-state index contributed by atoms with van der Waals surface area (Å²) in [5.41, 5.74) is 2.48. The van der Waals surface area contributed by atoms with Crippen molar-refractivity contribution in [1.29, 1.82) is 0 Å². The summed E-state index contributed by atoms with van der Waals surface area (Å²) in [5, 5.41) is 14.1. The van der Waals surface area contributed by atoms with Crippen LogP contribution in [-0.4, -0.2) is 46.5 Å². The molecule has 0 aliphatic heterocycles. The number of nitrogens with zero attached hydrogens (tertiary/aromatic N) is 3. The smallest absolute Gasteiger partial charge is 0.355 e. The number of aromatic nitrogens is 3. The maximum atomic E-state index is 11.7. The highest BCUT2D eigenvalue weighted by molar-refractivity contribution is 7.98. The number of rotatable bonds is 9. The molecule has 10 heteroatoms. The SMILES string of the molecule is COc1ccc(CNCc2sc(-c3nc(SC)ncc3C)nc2C(=O)O)c(OC)c1. The zero-order valence-corrected chi connectivity index (χ0v) is 18.7. The van der Waals surface area contributed by atoms with Gasteiger partial charge in [-0.1, -0.05) is 17.8 Å². The normalized spacial score (nSPS) is 10.8. The zero-order valence-electron chi connectivity index (χ0n) is 17.1. The van der Waals surface area contributed by atoms with Gasteiger partial charge in [0, 0.05) is 30.9 Å². The van der Waals surface area contributed by atoms with Crippen LogP contribution < -0.4 is 14.8 Å². The van der Waals surface area contributed by atoms with Gasteiger partial charge in [-0.05, 0) is 24.8 Å². The van der Waals surface area contributed by atoms with E-state index in [1.165, 1.54) is 23.1 Å². The highest BCUT2D eigenvalue weighted by atomic mass is 32.2. The van der Waals surface area contributed by atoms with Crippen molar-refractivity contribution in [2.45, 2.75) is 25.2 Å². The first-order valence-electron chi connectivity index (χ1n) is 8.99. The van der Waals surface area contributed by atoms with E-state index in [9.17, 15) is 9.90 Å². The average molecular weight is 447 g/mol. The molecule has 0 bridgehead atoms. The molecule has 2 N–H and O–H groups in total. The van der Waals surface area contributed by atoms with Gasteiger partial charge in [0.05, 0.1) is 19.1 Å². The molecule has 0 aliphatic rings. The van der Waals surface area contributed by atoms with Gasteiger partial charge in [-0.25, -0.2) is 19.7 Å². The Morgan fingerprint density at radius 3 is 2.70 bits per heavy atom. The molecule has 0 atom stereocenters. The first kappa shape index (κ1) is 22.0. The number of nitrogens with one attached hydrogen (secondary N) is 1. The molecule has 0 unspecified atom stereocenters. The largest absolute Gasteiger partial charge is 0.497 e. The van der Waals surface area contributed by atoms with Gasteiger partial charge in [-0.15, -0.1) is 11.3 Å².